The van der Waals surface area contributed by atoms with Crippen molar-refractivity contribution in [1.82, 2.24) is 10.6 Å². The Bertz CT molecular complexity index is 774. The Kier molecular flexibility index (Phi) is 5.63. The van der Waals surface area contributed by atoms with Gasteiger partial charge in [0.05, 0.1) is 12.6 Å². The minimum atomic E-state index is -0.455. The second kappa shape index (κ2) is 7.88. The molecule has 1 heterocycles. The molecule has 0 aliphatic carbocycles. The molecule has 0 spiro atoms. The van der Waals surface area contributed by atoms with E-state index >= 15 is 0 Å². The second-order valence-electron chi connectivity index (χ2n) is 5.27. The van der Waals surface area contributed by atoms with Crippen LogP contribution in [0.15, 0.2) is 40.8 Å². The van der Waals surface area contributed by atoms with Gasteiger partial charge in [-0.15, -0.1) is 6.42 Å². The molecule has 0 aliphatic heterocycles. The molecule has 124 valence electrons. The monoisotopic (exact) mass is 325 g/mol. The van der Waals surface area contributed by atoms with Crippen LogP contribution in [0.25, 0.3) is 0 Å². The number of aryl methyl sites for hydroxylation is 1. The molecule has 0 fully saturated rings. The summed E-state index contributed by atoms with van der Waals surface area (Å²) in [6, 6.07) is 9.78. The number of urea groups is 1. The van der Waals surface area contributed by atoms with E-state index in [1.54, 1.807) is 37.3 Å². The van der Waals surface area contributed by atoms with Gasteiger partial charge in [-0.1, -0.05) is 12.0 Å². The lowest BCUT2D eigenvalue weighted by Crippen LogP contribution is -2.40. The summed E-state index contributed by atoms with van der Waals surface area (Å²) < 4.78 is 5.43. The maximum Gasteiger partial charge on any atom is 0.315 e. The van der Waals surface area contributed by atoms with Crippen LogP contribution in [0.2, 0.25) is 0 Å². The lowest BCUT2D eigenvalue weighted by molar-refractivity contribution is -0.115. The molecule has 1 atom stereocenters. The summed E-state index contributed by atoms with van der Waals surface area (Å²) in [5.74, 6) is 3.57. The van der Waals surface area contributed by atoms with Gasteiger partial charge in [-0.25, -0.2) is 4.79 Å². The molecule has 3 amide bonds. The zero-order valence-corrected chi connectivity index (χ0v) is 13.6. The van der Waals surface area contributed by atoms with Crippen molar-refractivity contribution in [1.29, 1.82) is 0 Å². The predicted octanol–water partition coefficient (Wildman–Crippen LogP) is 2.57. The van der Waals surface area contributed by atoms with Crippen LogP contribution in [0.5, 0.6) is 0 Å². The number of terminal acetylenes is 1. The zero-order valence-electron chi connectivity index (χ0n) is 13.6. The Morgan fingerprint density at radius 1 is 1.29 bits per heavy atom. The Hall–Kier alpha value is -3.20. The number of rotatable bonds is 5. The van der Waals surface area contributed by atoms with Crippen LogP contribution < -0.4 is 16.0 Å². The molecule has 2 aromatic rings. The van der Waals surface area contributed by atoms with Gasteiger partial charge < -0.3 is 20.4 Å². The van der Waals surface area contributed by atoms with Crippen molar-refractivity contribution in [2.24, 2.45) is 0 Å². The third-order valence-electron chi connectivity index (χ3n) is 3.26. The number of hydrogen-bond donors (Lipinski definition) is 3. The average molecular weight is 325 g/mol. The summed E-state index contributed by atoms with van der Waals surface area (Å²) in [6.07, 6.45) is 5.31. The molecule has 0 saturated carbocycles. The fourth-order valence-corrected chi connectivity index (χ4v) is 2.06. The minimum Gasteiger partial charge on any atom is -0.464 e. The van der Waals surface area contributed by atoms with Crippen LogP contribution in [-0.4, -0.2) is 18.5 Å². The number of hydrogen-bond acceptors (Lipinski definition) is 3. The molecular formula is C18H19N3O3. The standard InChI is InChI=1S/C18H19N3O3/c1-4-14-6-5-7-15(10-14)21-17(22)11-19-18(23)20-13(3)16-9-8-12(2)24-16/h1,5-10,13H,11H2,2-3H3,(H,21,22)(H2,19,20,23)/t13-/m0/s1. The van der Waals surface area contributed by atoms with Crippen molar-refractivity contribution < 1.29 is 14.0 Å². The Balaban J connectivity index is 1.78. The molecule has 24 heavy (non-hydrogen) atoms. The summed E-state index contributed by atoms with van der Waals surface area (Å²) >= 11 is 0. The molecule has 0 unspecified atom stereocenters. The summed E-state index contributed by atoms with van der Waals surface area (Å²) in [6.45, 7) is 3.47. The molecule has 1 aromatic heterocycles. The molecule has 6 heteroatoms. The fraction of sp³-hybridized carbons (Fsp3) is 0.222. The number of amides is 3. The quantitative estimate of drug-likeness (QED) is 0.739. The van der Waals surface area contributed by atoms with Crippen molar-refractivity contribution >= 4 is 17.6 Å². The third kappa shape index (κ3) is 4.92. The maximum atomic E-state index is 11.9. The Morgan fingerprint density at radius 3 is 2.75 bits per heavy atom. The van der Waals surface area contributed by atoms with Gasteiger partial charge in [-0.3, -0.25) is 4.79 Å². The predicted molar refractivity (Wildman–Crippen MR) is 91.4 cm³/mol. The summed E-state index contributed by atoms with van der Waals surface area (Å²) in [5, 5.41) is 7.86. The number of carbonyl (C=O) groups is 2. The van der Waals surface area contributed by atoms with E-state index in [-0.39, 0.29) is 18.5 Å². The van der Waals surface area contributed by atoms with Crippen LogP contribution in [0, 0.1) is 19.3 Å². The van der Waals surface area contributed by atoms with Gasteiger partial charge in [-0.2, -0.15) is 0 Å². The molecule has 0 aliphatic rings. The summed E-state index contributed by atoms with van der Waals surface area (Å²) in [4.78, 5) is 23.7. The molecule has 3 N–H and O–H groups in total. The topological polar surface area (TPSA) is 83.4 Å². The van der Waals surface area contributed by atoms with Gasteiger partial charge in [0.15, 0.2) is 0 Å². The first kappa shape index (κ1) is 17.2. The normalized spacial score (nSPS) is 11.2. The van der Waals surface area contributed by atoms with Crippen molar-refractivity contribution in [2.45, 2.75) is 19.9 Å². The van der Waals surface area contributed by atoms with Crippen LogP contribution >= 0.6 is 0 Å². The highest BCUT2D eigenvalue weighted by molar-refractivity contribution is 5.94. The van der Waals surface area contributed by atoms with Crippen molar-refractivity contribution in [3.63, 3.8) is 0 Å². The lowest BCUT2D eigenvalue weighted by Gasteiger charge is -2.12. The molecular weight excluding hydrogens is 306 g/mol. The fourth-order valence-electron chi connectivity index (χ4n) is 2.06. The van der Waals surface area contributed by atoms with Gasteiger partial charge in [0.1, 0.15) is 11.5 Å². The van der Waals surface area contributed by atoms with E-state index in [9.17, 15) is 9.59 Å². The van der Waals surface area contributed by atoms with Crippen molar-refractivity contribution in [3.8, 4) is 12.3 Å². The smallest absolute Gasteiger partial charge is 0.315 e. The number of carbonyl (C=O) groups excluding carboxylic acids is 2. The van der Waals surface area contributed by atoms with Crippen molar-refractivity contribution in [2.75, 3.05) is 11.9 Å². The average Bonchev–Trinajstić information content (AvgIpc) is 3.00. The molecule has 0 radical (unpaired) electrons. The number of nitrogens with one attached hydrogen (secondary N) is 3. The lowest BCUT2D eigenvalue weighted by atomic mass is 10.2. The number of furan rings is 1. The molecule has 0 bridgehead atoms. The van der Waals surface area contributed by atoms with E-state index in [2.05, 4.69) is 21.9 Å². The van der Waals surface area contributed by atoms with Gasteiger partial charge in [-0.05, 0) is 44.2 Å². The van der Waals surface area contributed by atoms with E-state index in [0.29, 0.717) is 17.0 Å². The van der Waals surface area contributed by atoms with E-state index in [1.807, 2.05) is 13.0 Å². The second-order valence-corrected chi connectivity index (χ2v) is 5.27. The van der Waals surface area contributed by atoms with Gasteiger partial charge in [0, 0.05) is 11.3 Å². The molecule has 0 saturated heterocycles. The van der Waals surface area contributed by atoms with E-state index in [0.717, 1.165) is 5.76 Å². The molecule has 1 aromatic carbocycles. The Labute approximate surface area is 140 Å². The molecule has 6 nitrogen and oxygen atoms in total. The highest BCUT2D eigenvalue weighted by Crippen LogP contribution is 2.15. The van der Waals surface area contributed by atoms with Crippen LogP contribution in [0.3, 0.4) is 0 Å². The highest BCUT2D eigenvalue weighted by Gasteiger charge is 2.13. The first-order chi connectivity index (χ1) is 11.5. The zero-order chi connectivity index (χ0) is 17.5. The first-order valence-electron chi connectivity index (χ1n) is 7.45. The molecule has 2 rings (SSSR count). The van der Waals surface area contributed by atoms with E-state index in [4.69, 9.17) is 10.8 Å². The van der Waals surface area contributed by atoms with Crippen LogP contribution in [-0.2, 0) is 4.79 Å². The minimum absolute atomic E-state index is 0.157. The van der Waals surface area contributed by atoms with Gasteiger partial charge >= 0.3 is 6.03 Å². The number of anilines is 1. The van der Waals surface area contributed by atoms with Crippen LogP contribution in [0.4, 0.5) is 10.5 Å². The van der Waals surface area contributed by atoms with E-state index < -0.39 is 6.03 Å². The van der Waals surface area contributed by atoms with Gasteiger partial charge in [0.25, 0.3) is 0 Å². The summed E-state index contributed by atoms with van der Waals surface area (Å²) in [5.41, 5.74) is 1.25. The largest absolute Gasteiger partial charge is 0.464 e. The van der Waals surface area contributed by atoms with Crippen LogP contribution in [0.1, 0.15) is 30.0 Å². The first-order valence-corrected chi connectivity index (χ1v) is 7.45. The Morgan fingerprint density at radius 2 is 2.08 bits per heavy atom. The third-order valence-corrected chi connectivity index (χ3v) is 3.26. The van der Waals surface area contributed by atoms with Crippen molar-refractivity contribution in [3.05, 3.63) is 53.5 Å². The highest BCUT2D eigenvalue weighted by atomic mass is 16.3. The van der Waals surface area contributed by atoms with E-state index in [1.165, 1.54) is 0 Å². The maximum absolute atomic E-state index is 11.9. The SMILES string of the molecule is C#Cc1cccc(NC(=O)CNC(=O)N[C@@H](C)c2ccc(C)o2)c1. The number of benzene rings is 1. The van der Waals surface area contributed by atoms with Gasteiger partial charge in [0.2, 0.25) is 5.91 Å². The summed E-state index contributed by atoms with van der Waals surface area (Å²) in [7, 11) is 0.